The van der Waals surface area contributed by atoms with E-state index in [9.17, 15) is 4.79 Å². The molecule has 1 fully saturated rings. The van der Waals surface area contributed by atoms with Gasteiger partial charge in [0.05, 0.1) is 5.69 Å². The molecular formula is C22H26N6O. The van der Waals surface area contributed by atoms with Gasteiger partial charge in [0.2, 0.25) is 0 Å². The summed E-state index contributed by atoms with van der Waals surface area (Å²) in [6, 6.07) is 9.17. The van der Waals surface area contributed by atoms with Crippen LogP contribution in [-0.2, 0) is 6.54 Å². The molecule has 4 rings (SSSR count). The lowest BCUT2D eigenvalue weighted by molar-refractivity contribution is 0.335. The maximum atomic E-state index is 12.3. The molecule has 0 unspecified atom stereocenters. The van der Waals surface area contributed by atoms with Gasteiger partial charge in [-0.25, -0.2) is 14.6 Å². The number of pyridine rings is 1. The van der Waals surface area contributed by atoms with Crippen molar-refractivity contribution in [3.63, 3.8) is 0 Å². The van der Waals surface area contributed by atoms with Crippen LogP contribution < -0.4 is 10.5 Å². The Morgan fingerprint density at radius 2 is 1.79 bits per heavy atom. The summed E-state index contributed by atoms with van der Waals surface area (Å²) < 4.78 is 1.61. The summed E-state index contributed by atoms with van der Waals surface area (Å²) in [6.07, 6.45) is 7.33. The zero-order chi connectivity index (χ0) is 20.2. The maximum Gasteiger partial charge on any atom is 0.266 e. The third-order valence-electron chi connectivity index (χ3n) is 5.39. The van der Waals surface area contributed by atoms with Crippen LogP contribution >= 0.6 is 0 Å². The van der Waals surface area contributed by atoms with Crippen LogP contribution in [0.2, 0.25) is 0 Å². The third-order valence-corrected chi connectivity index (χ3v) is 5.39. The Balaban J connectivity index is 1.42. The van der Waals surface area contributed by atoms with Crippen LogP contribution in [0.15, 0.2) is 53.7 Å². The molecule has 0 saturated carbocycles. The molecule has 0 aromatic carbocycles. The minimum atomic E-state index is -0.0531. The highest BCUT2D eigenvalue weighted by atomic mass is 16.1. The van der Waals surface area contributed by atoms with Gasteiger partial charge in [0.1, 0.15) is 11.6 Å². The average molecular weight is 390 g/mol. The minimum Gasteiger partial charge on any atom is -0.356 e. The normalized spacial score (nSPS) is 15.1. The van der Waals surface area contributed by atoms with Gasteiger partial charge in [0.15, 0.2) is 0 Å². The van der Waals surface area contributed by atoms with E-state index in [1.54, 1.807) is 29.2 Å². The van der Waals surface area contributed by atoms with Crippen molar-refractivity contribution in [3.8, 4) is 11.3 Å². The van der Waals surface area contributed by atoms with E-state index in [0.717, 1.165) is 48.8 Å². The molecule has 4 heterocycles. The van der Waals surface area contributed by atoms with Crippen molar-refractivity contribution in [1.29, 1.82) is 0 Å². The van der Waals surface area contributed by atoms with Crippen LogP contribution in [0.1, 0.15) is 38.4 Å². The Kier molecular flexibility index (Phi) is 5.64. The predicted molar refractivity (Wildman–Crippen MR) is 113 cm³/mol. The lowest BCUT2D eigenvalue weighted by Gasteiger charge is -2.33. The summed E-state index contributed by atoms with van der Waals surface area (Å²) in [6.45, 7) is 6.72. The summed E-state index contributed by atoms with van der Waals surface area (Å²) >= 11 is 0. The molecule has 7 nitrogen and oxygen atoms in total. The summed E-state index contributed by atoms with van der Waals surface area (Å²) in [7, 11) is 0. The molecule has 3 aromatic rings. The number of anilines is 1. The molecule has 0 radical (unpaired) electrons. The van der Waals surface area contributed by atoms with E-state index in [1.807, 2.05) is 24.4 Å². The average Bonchev–Trinajstić information content (AvgIpc) is 2.76. The van der Waals surface area contributed by atoms with Gasteiger partial charge in [0.25, 0.3) is 5.56 Å². The van der Waals surface area contributed by atoms with E-state index >= 15 is 0 Å². The van der Waals surface area contributed by atoms with Gasteiger partial charge in [0, 0.05) is 55.8 Å². The molecule has 0 N–H and O–H groups in total. The Morgan fingerprint density at radius 1 is 1.03 bits per heavy atom. The third kappa shape index (κ3) is 4.50. The van der Waals surface area contributed by atoms with E-state index in [0.29, 0.717) is 18.4 Å². The second-order valence-electron chi connectivity index (χ2n) is 7.83. The number of piperidine rings is 1. The monoisotopic (exact) mass is 390 g/mol. The van der Waals surface area contributed by atoms with Crippen LogP contribution in [0.5, 0.6) is 0 Å². The molecule has 0 atom stereocenters. The van der Waals surface area contributed by atoms with Gasteiger partial charge >= 0.3 is 0 Å². The van der Waals surface area contributed by atoms with Crippen LogP contribution in [0, 0.1) is 5.92 Å². The van der Waals surface area contributed by atoms with Gasteiger partial charge in [-0.2, -0.15) is 5.10 Å². The van der Waals surface area contributed by atoms with Crippen molar-refractivity contribution < 1.29 is 0 Å². The summed E-state index contributed by atoms with van der Waals surface area (Å²) in [5, 5.41) is 4.59. The summed E-state index contributed by atoms with van der Waals surface area (Å²) in [5.74, 6) is 2.62. The van der Waals surface area contributed by atoms with Crippen molar-refractivity contribution in [3.05, 3.63) is 65.1 Å². The van der Waals surface area contributed by atoms with Crippen LogP contribution in [-0.4, -0.2) is 37.8 Å². The number of nitrogens with zero attached hydrogens (tertiary/aromatic N) is 6. The van der Waals surface area contributed by atoms with Crippen molar-refractivity contribution in [2.45, 2.75) is 39.2 Å². The quantitative estimate of drug-likeness (QED) is 0.666. The number of rotatable bonds is 5. The smallest absolute Gasteiger partial charge is 0.266 e. The fourth-order valence-electron chi connectivity index (χ4n) is 3.66. The van der Waals surface area contributed by atoms with Crippen LogP contribution in [0.25, 0.3) is 11.3 Å². The van der Waals surface area contributed by atoms with Crippen molar-refractivity contribution in [2.24, 2.45) is 5.92 Å². The molecule has 1 aliphatic heterocycles. The Bertz CT molecular complexity index is 1010. The molecule has 0 aliphatic carbocycles. The molecule has 3 aromatic heterocycles. The van der Waals surface area contributed by atoms with Gasteiger partial charge in [-0.15, -0.1) is 0 Å². The molecule has 7 heteroatoms. The maximum absolute atomic E-state index is 12.3. The van der Waals surface area contributed by atoms with Crippen LogP contribution in [0.4, 0.5) is 5.82 Å². The fourth-order valence-corrected chi connectivity index (χ4v) is 3.66. The Labute approximate surface area is 170 Å². The molecule has 150 valence electrons. The lowest BCUT2D eigenvalue weighted by Crippen LogP contribution is -2.37. The van der Waals surface area contributed by atoms with E-state index in [-0.39, 0.29) is 5.56 Å². The van der Waals surface area contributed by atoms with Crippen molar-refractivity contribution in [2.75, 3.05) is 18.0 Å². The van der Waals surface area contributed by atoms with Gasteiger partial charge in [-0.1, -0.05) is 13.8 Å². The molecule has 1 aliphatic rings. The highest BCUT2D eigenvalue weighted by Crippen LogP contribution is 2.24. The SMILES string of the molecule is CC(C)c1nccc(N2CCC(Cn3nc(-c4ccncc4)ccc3=O)CC2)n1. The first kappa shape index (κ1) is 19.2. The highest BCUT2D eigenvalue weighted by Gasteiger charge is 2.22. The van der Waals surface area contributed by atoms with Crippen molar-refractivity contribution in [1.82, 2.24) is 24.7 Å². The molecule has 1 saturated heterocycles. The topological polar surface area (TPSA) is 76.8 Å². The van der Waals surface area contributed by atoms with E-state index in [1.165, 1.54) is 0 Å². The summed E-state index contributed by atoms with van der Waals surface area (Å²) in [5.41, 5.74) is 1.71. The van der Waals surface area contributed by atoms with Crippen LogP contribution in [0.3, 0.4) is 0 Å². The number of aromatic nitrogens is 5. The first-order chi connectivity index (χ1) is 14.1. The van der Waals surface area contributed by atoms with E-state index in [4.69, 9.17) is 4.98 Å². The molecule has 0 spiro atoms. The van der Waals surface area contributed by atoms with Gasteiger partial charge in [-0.3, -0.25) is 9.78 Å². The fraction of sp³-hybridized carbons (Fsp3) is 0.409. The lowest BCUT2D eigenvalue weighted by atomic mass is 9.97. The first-order valence-electron chi connectivity index (χ1n) is 10.2. The molecule has 0 amide bonds. The summed E-state index contributed by atoms with van der Waals surface area (Å²) in [4.78, 5) is 27.7. The number of hydrogen-bond donors (Lipinski definition) is 0. The molecule has 0 bridgehead atoms. The van der Waals surface area contributed by atoms with Gasteiger partial charge in [-0.05, 0) is 43.0 Å². The van der Waals surface area contributed by atoms with E-state index in [2.05, 4.69) is 33.8 Å². The van der Waals surface area contributed by atoms with E-state index < -0.39 is 0 Å². The predicted octanol–water partition coefficient (Wildman–Crippen LogP) is 3.14. The van der Waals surface area contributed by atoms with Crippen molar-refractivity contribution >= 4 is 5.82 Å². The largest absolute Gasteiger partial charge is 0.356 e. The first-order valence-corrected chi connectivity index (χ1v) is 10.2. The molecular weight excluding hydrogens is 364 g/mol. The zero-order valence-corrected chi connectivity index (χ0v) is 16.9. The molecule has 29 heavy (non-hydrogen) atoms. The standard InChI is InChI=1S/C22H26N6O/c1-16(2)22-24-12-7-20(25-22)27-13-8-17(9-14-27)15-28-21(29)4-3-19(26-28)18-5-10-23-11-6-18/h3-7,10-12,16-17H,8-9,13-15H2,1-2H3. The Hall–Kier alpha value is -3.09. The number of hydrogen-bond acceptors (Lipinski definition) is 6. The second kappa shape index (κ2) is 8.51. The Morgan fingerprint density at radius 3 is 2.52 bits per heavy atom. The highest BCUT2D eigenvalue weighted by molar-refractivity contribution is 5.57. The zero-order valence-electron chi connectivity index (χ0n) is 16.9. The van der Waals surface area contributed by atoms with Gasteiger partial charge < -0.3 is 4.90 Å². The minimum absolute atomic E-state index is 0.0531. The second-order valence-corrected chi connectivity index (χ2v) is 7.83.